The molecule has 1 N–H and O–H groups in total. The number of anilines is 1. The first-order valence-corrected chi connectivity index (χ1v) is 10.6. The molecule has 1 atom stereocenters. The molecule has 1 unspecified atom stereocenters. The largest absolute Gasteiger partial charge is 0.486 e. The number of nitrogens with zero attached hydrogens (tertiary/aromatic N) is 3. The van der Waals surface area contributed by atoms with Crippen LogP contribution >= 0.6 is 11.6 Å². The van der Waals surface area contributed by atoms with Gasteiger partial charge in [0.25, 0.3) is 0 Å². The summed E-state index contributed by atoms with van der Waals surface area (Å²) in [7, 11) is 1.74. The Labute approximate surface area is 188 Å². The smallest absolute Gasteiger partial charge is 0.168 e. The summed E-state index contributed by atoms with van der Waals surface area (Å²) in [4.78, 5) is 13.4. The SMILES string of the molecule is CCC(C)/C(=C\C(=NC)Nc1cc(C)nc(COc2ccc(Cl)cc2)n1)c1ccco1. The maximum atomic E-state index is 5.92. The predicted molar refractivity (Wildman–Crippen MR) is 126 cm³/mol. The molecule has 162 valence electrons. The minimum atomic E-state index is 0.247. The van der Waals surface area contributed by atoms with E-state index >= 15 is 0 Å². The van der Waals surface area contributed by atoms with Gasteiger partial charge >= 0.3 is 0 Å². The van der Waals surface area contributed by atoms with Gasteiger partial charge in [0.15, 0.2) is 5.82 Å². The summed E-state index contributed by atoms with van der Waals surface area (Å²) in [5.41, 5.74) is 1.91. The van der Waals surface area contributed by atoms with Crippen LogP contribution in [-0.4, -0.2) is 22.9 Å². The van der Waals surface area contributed by atoms with E-state index in [1.165, 1.54) is 0 Å². The van der Waals surface area contributed by atoms with Gasteiger partial charge in [-0.1, -0.05) is 25.4 Å². The molecule has 0 spiro atoms. The van der Waals surface area contributed by atoms with Crippen LogP contribution in [0, 0.1) is 12.8 Å². The Bertz CT molecular complexity index is 1040. The molecule has 6 nitrogen and oxygen atoms in total. The minimum Gasteiger partial charge on any atom is -0.486 e. The monoisotopic (exact) mass is 438 g/mol. The van der Waals surface area contributed by atoms with E-state index in [0.717, 1.165) is 23.4 Å². The molecule has 0 aliphatic heterocycles. The molecule has 7 heteroatoms. The average molecular weight is 439 g/mol. The molecule has 0 bridgehead atoms. The predicted octanol–water partition coefficient (Wildman–Crippen LogP) is 6.18. The molecule has 0 aliphatic carbocycles. The fraction of sp³-hybridized carbons (Fsp3) is 0.292. The van der Waals surface area contributed by atoms with E-state index in [1.807, 2.05) is 43.3 Å². The van der Waals surface area contributed by atoms with Crippen molar-refractivity contribution < 1.29 is 9.15 Å². The summed E-state index contributed by atoms with van der Waals surface area (Å²) in [6.07, 6.45) is 4.68. The van der Waals surface area contributed by atoms with Gasteiger partial charge in [-0.2, -0.15) is 0 Å². The van der Waals surface area contributed by atoms with Crippen molar-refractivity contribution in [3.8, 4) is 5.75 Å². The fourth-order valence-electron chi connectivity index (χ4n) is 2.99. The molecular weight excluding hydrogens is 412 g/mol. The van der Waals surface area contributed by atoms with Crippen molar-refractivity contribution >= 4 is 28.8 Å². The van der Waals surface area contributed by atoms with E-state index in [9.17, 15) is 0 Å². The van der Waals surface area contributed by atoms with E-state index in [0.29, 0.717) is 34.2 Å². The summed E-state index contributed by atoms with van der Waals surface area (Å²) < 4.78 is 11.4. The van der Waals surface area contributed by atoms with Gasteiger partial charge in [-0.25, -0.2) is 9.97 Å². The summed E-state index contributed by atoms with van der Waals surface area (Å²) >= 11 is 5.92. The number of halogens is 1. The number of aliphatic imine (C=N–C) groups is 1. The summed E-state index contributed by atoms with van der Waals surface area (Å²) in [5.74, 6) is 3.79. The van der Waals surface area contributed by atoms with Crippen molar-refractivity contribution in [2.75, 3.05) is 12.4 Å². The van der Waals surface area contributed by atoms with E-state index in [2.05, 4.69) is 34.1 Å². The summed E-state index contributed by atoms with van der Waals surface area (Å²) in [6, 6.07) is 12.9. The lowest BCUT2D eigenvalue weighted by atomic mass is 9.95. The van der Waals surface area contributed by atoms with Crippen molar-refractivity contribution in [2.45, 2.75) is 33.8 Å². The number of rotatable bonds is 8. The first-order valence-electron chi connectivity index (χ1n) is 10.2. The molecule has 3 aromatic rings. The maximum absolute atomic E-state index is 5.92. The Kier molecular flexibility index (Phi) is 7.84. The van der Waals surface area contributed by atoms with Crippen LogP contribution in [0.2, 0.25) is 5.02 Å². The highest BCUT2D eigenvalue weighted by Gasteiger charge is 2.14. The Balaban J connectivity index is 1.77. The van der Waals surface area contributed by atoms with E-state index in [1.54, 1.807) is 25.4 Å². The highest BCUT2D eigenvalue weighted by atomic mass is 35.5. The van der Waals surface area contributed by atoms with E-state index < -0.39 is 0 Å². The Hall–Kier alpha value is -3.12. The van der Waals surface area contributed by atoms with Crippen LogP contribution in [0.15, 0.2) is 64.2 Å². The third-order valence-electron chi connectivity index (χ3n) is 4.82. The second-order valence-corrected chi connectivity index (χ2v) is 7.61. The highest BCUT2D eigenvalue weighted by molar-refractivity contribution is 6.30. The number of benzene rings is 1. The topological polar surface area (TPSA) is 72.5 Å². The zero-order valence-corrected chi connectivity index (χ0v) is 19.0. The molecule has 0 fully saturated rings. The van der Waals surface area contributed by atoms with Crippen LogP contribution in [0.25, 0.3) is 5.57 Å². The number of hydrogen-bond acceptors (Lipinski definition) is 5. The standard InChI is InChI=1S/C24H27ClN4O2/c1-5-16(2)20(21-7-6-12-30-21)14-22(26-4)28-23-13-17(3)27-24(29-23)15-31-19-10-8-18(25)9-11-19/h6-14,16H,5,15H2,1-4H3,(H,26,27,28,29)/b20-14+. The third-order valence-corrected chi connectivity index (χ3v) is 5.07. The van der Waals surface area contributed by atoms with E-state index in [4.69, 9.17) is 20.8 Å². The number of aryl methyl sites for hydroxylation is 1. The van der Waals surface area contributed by atoms with Crippen LogP contribution in [-0.2, 0) is 6.61 Å². The summed E-state index contributed by atoms with van der Waals surface area (Å²) in [6.45, 7) is 6.49. The minimum absolute atomic E-state index is 0.247. The lowest BCUT2D eigenvalue weighted by molar-refractivity contribution is 0.295. The molecule has 0 saturated heterocycles. The van der Waals surface area contributed by atoms with Crippen LogP contribution < -0.4 is 10.1 Å². The second kappa shape index (κ2) is 10.8. The lowest BCUT2D eigenvalue weighted by Gasteiger charge is -2.14. The van der Waals surface area contributed by atoms with Crippen LogP contribution in [0.5, 0.6) is 5.75 Å². The quantitative estimate of drug-likeness (QED) is 0.335. The van der Waals surface area contributed by atoms with Gasteiger partial charge in [-0.05, 0) is 61.7 Å². The number of hydrogen-bond donors (Lipinski definition) is 1. The average Bonchev–Trinajstić information content (AvgIpc) is 3.30. The van der Waals surface area contributed by atoms with E-state index in [-0.39, 0.29) is 6.61 Å². The van der Waals surface area contributed by atoms with Crippen molar-refractivity contribution in [3.63, 3.8) is 0 Å². The maximum Gasteiger partial charge on any atom is 0.168 e. The second-order valence-electron chi connectivity index (χ2n) is 7.17. The Morgan fingerprint density at radius 1 is 1.26 bits per heavy atom. The van der Waals surface area contributed by atoms with Crippen LogP contribution in [0.4, 0.5) is 5.82 Å². The van der Waals surface area contributed by atoms with Crippen molar-refractivity contribution in [1.29, 1.82) is 0 Å². The molecule has 0 aliphatic rings. The number of aromatic nitrogens is 2. The molecule has 0 amide bonds. The van der Waals surface area contributed by atoms with Gasteiger partial charge < -0.3 is 14.5 Å². The molecule has 2 heterocycles. The first-order chi connectivity index (χ1) is 15.0. The van der Waals surface area contributed by atoms with Gasteiger partial charge in [0.05, 0.1) is 6.26 Å². The lowest BCUT2D eigenvalue weighted by Crippen LogP contribution is -2.14. The Morgan fingerprint density at radius 2 is 2.03 bits per heavy atom. The molecule has 2 aromatic heterocycles. The highest BCUT2D eigenvalue weighted by Crippen LogP contribution is 2.26. The molecule has 31 heavy (non-hydrogen) atoms. The Morgan fingerprint density at radius 3 is 2.68 bits per heavy atom. The summed E-state index contributed by atoms with van der Waals surface area (Å²) in [5, 5.41) is 3.96. The van der Waals surface area contributed by atoms with Crippen molar-refractivity contribution in [3.05, 3.63) is 77.1 Å². The van der Waals surface area contributed by atoms with Crippen molar-refractivity contribution in [2.24, 2.45) is 10.9 Å². The van der Waals surface area contributed by atoms with Gasteiger partial charge in [0.1, 0.15) is 29.8 Å². The van der Waals surface area contributed by atoms with Gasteiger partial charge in [-0.15, -0.1) is 0 Å². The van der Waals surface area contributed by atoms with Gasteiger partial charge in [-0.3, -0.25) is 4.99 Å². The van der Waals surface area contributed by atoms with Gasteiger partial charge in [0.2, 0.25) is 0 Å². The number of nitrogens with one attached hydrogen (secondary N) is 1. The number of furan rings is 1. The third kappa shape index (κ3) is 6.43. The zero-order chi connectivity index (χ0) is 22.2. The van der Waals surface area contributed by atoms with Crippen molar-refractivity contribution in [1.82, 2.24) is 9.97 Å². The zero-order valence-electron chi connectivity index (χ0n) is 18.2. The molecular formula is C24H27ClN4O2. The molecule has 0 radical (unpaired) electrons. The number of ether oxygens (including phenoxy) is 1. The molecule has 0 saturated carbocycles. The first kappa shape index (κ1) is 22.6. The van der Waals surface area contributed by atoms with Gasteiger partial charge in [0, 0.05) is 29.4 Å². The number of allylic oxidation sites excluding steroid dienone is 1. The fourth-order valence-corrected chi connectivity index (χ4v) is 3.12. The number of amidine groups is 1. The molecule has 1 aromatic carbocycles. The van der Waals surface area contributed by atoms with Crippen LogP contribution in [0.3, 0.4) is 0 Å². The molecule has 3 rings (SSSR count). The van der Waals surface area contributed by atoms with Crippen LogP contribution in [0.1, 0.15) is 37.5 Å². The normalized spacial score (nSPS) is 13.2.